The maximum atomic E-state index is 15.2. The second-order valence-electron chi connectivity index (χ2n) is 11.9. The fourth-order valence-electron chi connectivity index (χ4n) is 5.38. The molecule has 0 unspecified atom stereocenters. The van der Waals surface area contributed by atoms with E-state index < -0.39 is 77.0 Å². The number of benzene rings is 5. The summed E-state index contributed by atoms with van der Waals surface area (Å²) in [6.45, 7) is 2.13. The molecule has 0 aliphatic rings. The van der Waals surface area contributed by atoms with Crippen LogP contribution in [0.25, 0.3) is 22.3 Å². The summed E-state index contributed by atoms with van der Waals surface area (Å²) in [5.41, 5.74) is 1.27. The van der Waals surface area contributed by atoms with Crippen LogP contribution in [-0.2, 0) is 19.0 Å². The molecule has 0 aliphatic heterocycles. The Morgan fingerprint density at radius 3 is 1.78 bits per heavy atom. The van der Waals surface area contributed by atoms with Gasteiger partial charge < -0.3 is 9.47 Å². The molecule has 51 heavy (non-hydrogen) atoms. The van der Waals surface area contributed by atoms with Crippen molar-refractivity contribution in [2.75, 3.05) is 0 Å². The number of halogens is 10. The number of unbranched alkanes of at least 4 members (excludes halogenated alkanes) is 2. The molecule has 0 heterocycles. The Labute approximate surface area is 287 Å². The molecule has 0 N–H and O–H groups in total. The first-order valence-corrected chi connectivity index (χ1v) is 15.9. The maximum absolute atomic E-state index is 15.2. The van der Waals surface area contributed by atoms with Crippen LogP contribution in [0.3, 0.4) is 0 Å². The van der Waals surface area contributed by atoms with E-state index in [-0.39, 0.29) is 34.9 Å². The number of rotatable bonds is 14. The fraction of sp³-hybridized carbons (Fsp3) is 0.231. The first-order valence-electron chi connectivity index (χ1n) is 15.9. The largest absolute Gasteiger partial charge is 0.432 e. The van der Waals surface area contributed by atoms with Gasteiger partial charge in [-0.15, -0.1) is 0 Å². The molecule has 0 saturated carbocycles. The zero-order valence-electron chi connectivity index (χ0n) is 27.0. The molecule has 0 atom stereocenters. The molecule has 0 bridgehead atoms. The first kappa shape index (κ1) is 37.3. The Bertz CT molecular complexity index is 1970. The van der Waals surface area contributed by atoms with Gasteiger partial charge in [-0.1, -0.05) is 68.3 Å². The van der Waals surface area contributed by atoms with Gasteiger partial charge in [-0.05, 0) is 71.3 Å². The van der Waals surface area contributed by atoms with Crippen molar-refractivity contribution in [1.29, 1.82) is 0 Å². The molecule has 5 aromatic carbocycles. The minimum absolute atomic E-state index is 0.104. The van der Waals surface area contributed by atoms with Gasteiger partial charge in [-0.2, -0.15) is 17.6 Å². The molecule has 0 aliphatic carbocycles. The predicted octanol–water partition coefficient (Wildman–Crippen LogP) is 12.3. The van der Waals surface area contributed by atoms with Crippen LogP contribution in [0.5, 0.6) is 11.5 Å². The molecule has 0 aromatic heterocycles. The van der Waals surface area contributed by atoms with Gasteiger partial charge in [0.25, 0.3) is 0 Å². The molecule has 2 nitrogen and oxygen atoms in total. The van der Waals surface area contributed by atoms with Crippen LogP contribution < -0.4 is 9.47 Å². The normalized spacial score (nSPS) is 11.9. The summed E-state index contributed by atoms with van der Waals surface area (Å²) in [6, 6.07) is 17.4. The van der Waals surface area contributed by atoms with Crippen LogP contribution in [0.4, 0.5) is 43.9 Å². The third kappa shape index (κ3) is 9.22. The Balaban J connectivity index is 1.21. The SMILES string of the molecule is CCCCCc1ccc(-c2ccc(-c3ccc(CCC(F)(F)Oc4ccc(C(F)(F)Oc5cc(F)c(F)c(F)c5)c(F)c4)c(F)c3)c(F)c2)cc1. The fourth-order valence-corrected chi connectivity index (χ4v) is 5.38. The van der Waals surface area contributed by atoms with E-state index in [1.54, 1.807) is 6.07 Å². The number of alkyl halides is 4. The van der Waals surface area contributed by atoms with Crippen LogP contribution >= 0.6 is 0 Å². The van der Waals surface area contributed by atoms with Crippen LogP contribution in [0, 0.1) is 34.9 Å². The lowest BCUT2D eigenvalue weighted by Crippen LogP contribution is -2.26. The third-order valence-electron chi connectivity index (χ3n) is 8.10. The zero-order chi connectivity index (χ0) is 36.9. The van der Waals surface area contributed by atoms with Gasteiger partial charge in [0.2, 0.25) is 0 Å². The van der Waals surface area contributed by atoms with Crippen LogP contribution in [0.1, 0.15) is 49.3 Å². The molecule has 0 fully saturated rings. The highest BCUT2D eigenvalue weighted by Crippen LogP contribution is 2.37. The van der Waals surface area contributed by atoms with Gasteiger partial charge >= 0.3 is 12.2 Å². The van der Waals surface area contributed by atoms with Gasteiger partial charge in [0, 0.05) is 23.8 Å². The highest BCUT2D eigenvalue weighted by Gasteiger charge is 2.39. The average molecular weight is 721 g/mol. The van der Waals surface area contributed by atoms with E-state index in [1.807, 2.05) is 24.3 Å². The number of hydrogen-bond donors (Lipinski definition) is 0. The lowest BCUT2D eigenvalue weighted by molar-refractivity contribution is -0.188. The van der Waals surface area contributed by atoms with Gasteiger partial charge in [0.05, 0.1) is 6.42 Å². The Hall–Kier alpha value is -5.00. The van der Waals surface area contributed by atoms with Crippen molar-refractivity contribution < 1.29 is 53.4 Å². The van der Waals surface area contributed by atoms with Crippen LogP contribution in [0.2, 0.25) is 0 Å². The minimum Gasteiger partial charge on any atom is -0.432 e. The van der Waals surface area contributed by atoms with E-state index >= 15 is 4.39 Å². The number of aryl methyl sites for hydroxylation is 2. The van der Waals surface area contributed by atoms with Crippen molar-refractivity contribution in [3.05, 3.63) is 143 Å². The van der Waals surface area contributed by atoms with E-state index in [0.717, 1.165) is 37.3 Å². The molecule has 5 aromatic rings. The number of ether oxygens (including phenoxy) is 2. The molecule has 0 spiro atoms. The summed E-state index contributed by atoms with van der Waals surface area (Å²) in [6.07, 6.45) is -5.94. The highest BCUT2D eigenvalue weighted by molar-refractivity contribution is 5.71. The summed E-state index contributed by atoms with van der Waals surface area (Å²) in [4.78, 5) is 0. The minimum atomic E-state index is -4.56. The van der Waals surface area contributed by atoms with Gasteiger partial charge in [0.1, 0.15) is 34.5 Å². The Morgan fingerprint density at radius 2 is 1.16 bits per heavy atom. The first-order chi connectivity index (χ1) is 24.2. The lowest BCUT2D eigenvalue weighted by Gasteiger charge is -2.21. The average Bonchev–Trinajstić information content (AvgIpc) is 3.06. The van der Waals surface area contributed by atoms with Gasteiger partial charge in [-0.25, -0.2) is 26.3 Å². The van der Waals surface area contributed by atoms with E-state index in [9.17, 15) is 39.5 Å². The molecule has 0 amide bonds. The van der Waals surface area contributed by atoms with Crippen molar-refractivity contribution in [2.24, 2.45) is 0 Å². The molecular formula is C39H30F10O2. The van der Waals surface area contributed by atoms with Crippen molar-refractivity contribution in [1.82, 2.24) is 0 Å². The van der Waals surface area contributed by atoms with E-state index in [0.29, 0.717) is 17.7 Å². The summed E-state index contributed by atoms with van der Waals surface area (Å²) in [5, 5.41) is 0. The van der Waals surface area contributed by atoms with Crippen molar-refractivity contribution in [3.8, 4) is 33.8 Å². The van der Waals surface area contributed by atoms with Gasteiger partial charge in [-0.3, -0.25) is 0 Å². The lowest BCUT2D eigenvalue weighted by atomic mass is 9.97. The quantitative estimate of drug-likeness (QED) is 0.0646. The summed E-state index contributed by atoms with van der Waals surface area (Å²) in [5.74, 6) is -10.9. The van der Waals surface area contributed by atoms with E-state index in [1.165, 1.54) is 29.8 Å². The Morgan fingerprint density at radius 1 is 0.529 bits per heavy atom. The summed E-state index contributed by atoms with van der Waals surface area (Å²) >= 11 is 0. The van der Waals surface area contributed by atoms with E-state index in [4.69, 9.17) is 0 Å². The molecule has 0 saturated heterocycles. The topological polar surface area (TPSA) is 18.5 Å². The van der Waals surface area contributed by atoms with E-state index in [2.05, 4.69) is 16.4 Å². The molecule has 0 radical (unpaired) electrons. The van der Waals surface area contributed by atoms with Crippen molar-refractivity contribution >= 4 is 0 Å². The van der Waals surface area contributed by atoms with Gasteiger partial charge in [0.15, 0.2) is 17.5 Å². The number of hydrogen-bond acceptors (Lipinski definition) is 2. The monoisotopic (exact) mass is 720 g/mol. The summed E-state index contributed by atoms with van der Waals surface area (Å²) in [7, 11) is 0. The molecular weight excluding hydrogens is 690 g/mol. The Kier molecular flexibility index (Phi) is 11.3. The molecule has 12 heteroatoms. The molecule has 5 rings (SSSR count). The van der Waals surface area contributed by atoms with Crippen molar-refractivity contribution in [2.45, 2.75) is 57.7 Å². The smallest absolute Gasteiger partial charge is 0.429 e. The summed E-state index contributed by atoms with van der Waals surface area (Å²) < 4.78 is 152. The van der Waals surface area contributed by atoms with Crippen LogP contribution in [-0.4, -0.2) is 6.11 Å². The molecule has 268 valence electrons. The second-order valence-corrected chi connectivity index (χ2v) is 11.9. The maximum Gasteiger partial charge on any atom is 0.429 e. The highest BCUT2D eigenvalue weighted by atomic mass is 19.3. The zero-order valence-corrected chi connectivity index (χ0v) is 27.0. The third-order valence-corrected chi connectivity index (χ3v) is 8.10. The second kappa shape index (κ2) is 15.5. The van der Waals surface area contributed by atoms with Crippen LogP contribution in [0.15, 0.2) is 91.0 Å². The predicted molar refractivity (Wildman–Crippen MR) is 172 cm³/mol. The van der Waals surface area contributed by atoms with Crippen molar-refractivity contribution in [3.63, 3.8) is 0 Å². The standard InChI is InChI=1S/C39H30F10O2/c1-2-3-4-5-23-6-8-24(9-7-23)26-12-14-30(33(41)18-26)27-11-10-25(32(40)19-27)16-17-38(46,47)50-28-13-15-31(34(42)20-28)39(48,49)51-29-21-35(43)37(45)36(44)22-29/h6-15,18-22H,2-5,16-17H2,1H3.